The minimum absolute atomic E-state index is 0.0525. The van der Waals surface area contributed by atoms with Crippen LogP contribution in [0.15, 0.2) is 65.9 Å². The van der Waals surface area contributed by atoms with Gasteiger partial charge in [0.1, 0.15) is 0 Å². The number of nitrogens with zero attached hydrogens (tertiary/aromatic N) is 11. The number of aryl methyl sites for hydroxylation is 3. The molecule has 25 heteroatoms. The van der Waals surface area contributed by atoms with Crippen molar-refractivity contribution in [1.82, 2.24) is 57.7 Å². The van der Waals surface area contributed by atoms with Crippen molar-refractivity contribution in [2.24, 2.45) is 37.4 Å². The predicted molar refractivity (Wildman–Crippen MR) is 235 cm³/mol. The molecule has 0 aromatic carbocycles. The first-order valence-corrected chi connectivity index (χ1v) is 22.4. The molecule has 0 atom stereocenters. The molecule has 3 aliphatic rings. The van der Waals surface area contributed by atoms with Crippen LogP contribution < -0.4 is 33.7 Å². The maximum Gasteiger partial charge on any atom is 0.332 e. The van der Waals surface area contributed by atoms with E-state index < -0.39 is 21.4 Å². The Balaban J connectivity index is 0.000000147. The fraction of sp³-hybridized carbons (Fsp3) is 0.550. The fourth-order valence-corrected chi connectivity index (χ4v) is 7.52. The molecule has 3 fully saturated rings. The molecular weight excluding hydrogens is 873 g/mol. The van der Waals surface area contributed by atoms with Gasteiger partial charge in [0.05, 0.1) is 52.5 Å². The van der Waals surface area contributed by atoms with E-state index in [1.165, 1.54) is 67.1 Å². The van der Waals surface area contributed by atoms with Crippen LogP contribution >= 0.6 is 0 Å². The molecule has 0 saturated carbocycles. The number of hydrogen-bond acceptors (Lipinski definition) is 18. The third-order valence-corrected chi connectivity index (χ3v) is 12.5. The zero-order valence-corrected chi connectivity index (χ0v) is 38.0. The first-order chi connectivity index (χ1) is 30.8. The van der Waals surface area contributed by atoms with E-state index in [2.05, 4.69) is 34.9 Å². The average molecular weight is 925 g/mol. The minimum atomic E-state index is -3.30. The minimum Gasteiger partial charge on any atom is -0.380 e. The van der Waals surface area contributed by atoms with Gasteiger partial charge in [-0.05, 0) is 19.3 Å². The molecule has 6 aromatic heterocycles. The monoisotopic (exact) mass is 924 g/mol. The van der Waals surface area contributed by atoms with Crippen molar-refractivity contribution in [1.29, 1.82) is 0 Å². The lowest BCUT2D eigenvalue weighted by molar-refractivity contribution is -0.132. The average Bonchev–Trinajstić information content (AvgIpc) is 3.26. The van der Waals surface area contributed by atoms with Gasteiger partial charge in [-0.1, -0.05) is 20.8 Å². The van der Waals surface area contributed by atoms with Gasteiger partial charge >= 0.3 is 17.1 Å². The Morgan fingerprint density at radius 2 is 0.923 bits per heavy atom. The van der Waals surface area contributed by atoms with Crippen LogP contribution in [0.1, 0.15) is 40.0 Å². The van der Waals surface area contributed by atoms with E-state index >= 15 is 0 Å². The Morgan fingerprint density at radius 1 is 0.569 bits per heavy atom. The van der Waals surface area contributed by atoms with Crippen molar-refractivity contribution in [3.63, 3.8) is 0 Å². The van der Waals surface area contributed by atoms with E-state index in [0.717, 1.165) is 25.5 Å². The summed E-state index contributed by atoms with van der Waals surface area (Å²) in [7, 11) is 1.43. The third kappa shape index (κ3) is 10.2. The van der Waals surface area contributed by atoms with E-state index in [0.29, 0.717) is 64.0 Å². The molecule has 65 heavy (non-hydrogen) atoms. The van der Waals surface area contributed by atoms with Gasteiger partial charge in [-0.2, -0.15) is 8.42 Å². The number of hydrogen-bond donors (Lipinski definition) is 1. The molecule has 0 spiro atoms. The molecule has 3 aliphatic heterocycles. The van der Waals surface area contributed by atoms with E-state index in [1.54, 1.807) is 14.1 Å². The van der Waals surface area contributed by atoms with Gasteiger partial charge in [-0.25, -0.2) is 44.3 Å². The third-order valence-electron chi connectivity index (χ3n) is 11.9. The van der Waals surface area contributed by atoms with Crippen molar-refractivity contribution < 1.29 is 26.8 Å². The highest BCUT2D eigenvalue weighted by molar-refractivity contribution is 7.85. The van der Waals surface area contributed by atoms with Gasteiger partial charge in [0.2, 0.25) is 0 Å². The summed E-state index contributed by atoms with van der Waals surface area (Å²) in [5, 5.41) is 0. The van der Waals surface area contributed by atoms with Gasteiger partial charge < -0.3 is 14.2 Å². The second-order valence-electron chi connectivity index (χ2n) is 16.5. The van der Waals surface area contributed by atoms with Gasteiger partial charge in [0.15, 0.2) is 33.5 Å². The number of aromatic nitrogens is 12. The largest absolute Gasteiger partial charge is 0.380 e. The Hall–Kier alpha value is -6.15. The zero-order valence-electron chi connectivity index (χ0n) is 37.2. The summed E-state index contributed by atoms with van der Waals surface area (Å²) in [4.78, 5) is 97.9. The summed E-state index contributed by atoms with van der Waals surface area (Å²) < 4.78 is 48.1. The normalized spacial score (nSPS) is 16.7. The lowest BCUT2D eigenvalue weighted by atomic mass is 9.83. The molecule has 1 N–H and O–H groups in total. The van der Waals surface area contributed by atoms with E-state index in [-0.39, 0.29) is 67.5 Å². The van der Waals surface area contributed by atoms with Crippen LogP contribution in [-0.2, 0) is 62.7 Å². The van der Waals surface area contributed by atoms with Crippen LogP contribution in [0.2, 0.25) is 0 Å². The Labute approximate surface area is 370 Å². The predicted octanol–water partition coefficient (Wildman–Crippen LogP) is -0.760. The Kier molecular flexibility index (Phi) is 14.5. The molecule has 0 amide bonds. The van der Waals surface area contributed by atoms with Crippen LogP contribution in [-0.4, -0.2) is 119 Å². The molecular formula is C40H52N12O12S. The van der Waals surface area contributed by atoms with Crippen molar-refractivity contribution in [3.05, 3.63) is 99.7 Å². The Bertz CT molecular complexity index is 3030. The quantitative estimate of drug-likeness (QED) is 0.165. The number of rotatable bonds is 10. The summed E-state index contributed by atoms with van der Waals surface area (Å²) >= 11 is 0. The van der Waals surface area contributed by atoms with Crippen LogP contribution in [0, 0.1) is 16.2 Å². The number of ether oxygens (including phenoxy) is 3. The first-order valence-electron chi connectivity index (χ1n) is 20.6. The van der Waals surface area contributed by atoms with Crippen LogP contribution in [0.25, 0.3) is 33.5 Å². The second kappa shape index (κ2) is 19.5. The van der Waals surface area contributed by atoms with Crippen molar-refractivity contribution in [3.8, 4) is 0 Å². The molecule has 24 nitrogen and oxygen atoms in total. The molecule has 0 bridgehead atoms. The van der Waals surface area contributed by atoms with Gasteiger partial charge in [-0.3, -0.25) is 46.4 Å². The molecule has 0 radical (unpaired) electrons. The van der Waals surface area contributed by atoms with Crippen molar-refractivity contribution >= 4 is 43.6 Å². The molecule has 3 saturated heterocycles. The number of H-pyrrole nitrogens is 1. The van der Waals surface area contributed by atoms with E-state index in [4.69, 9.17) is 18.4 Å². The van der Waals surface area contributed by atoms with E-state index in [1.807, 2.05) is 20.8 Å². The highest BCUT2D eigenvalue weighted by atomic mass is 32.2. The van der Waals surface area contributed by atoms with Crippen molar-refractivity contribution in [2.75, 3.05) is 52.5 Å². The molecule has 0 aliphatic carbocycles. The summed E-state index contributed by atoms with van der Waals surface area (Å²) in [6, 6.07) is 0. The summed E-state index contributed by atoms with van der Waals surface area (Å²) in [5.74, 6) is 0. The van der Waals surface area contributed by atoms with Crippen LogP contribution in [0.4, 0.5) is 0 Å². The van der Waals surface area contributed by atoms with Gasteiger partial charge in [-0.15, -0.1) is 0 Å². The summed E-state index contributed by atoms with van der Waals surface area (Å²) in [6.45, 7) is 10.6. The standard InChI is InChI=1S/2C13H16N4O3.C7H6N4O2.C7H14O4S/c2*1-3-13(7-20-8-13)6-17-11(18)9-10(15-5-4-14-9)16(2)12(17)19;1-11-5-4(8-2-3-9-5)6(12)10-7(11)13;1-3-7(4-10-5-7)6-11-12(2,8)9/h2*4-5H,3,6-8H2,1-2H3;2-3H,1H3,(H,10,12,13);3-6H2,1-2H3. The first kappa shape index (κ1) is 48.3. The Morgan fingerprint density at radius 3 is 1.26 bits per heavy atom. The smallest absolute Gasteiger partial charge is 0.332 e. The molecule has 9 rings (SSSR count). The number of aromatic amines is 1. The topological polar surface area (TPSA) is 291 Å². The number of fused-ring (bicyclic) bond motifs is 3. The molecule has 350 valence electrons. The van der Waals surface area contributed by atoms with Crippen LogP contribution in [0.3, 0.4) is 0 Å². The van der Waals surface area contributed by atoms with E-state index in [9.17, 15) is 37.2 Å². The molecule has 0 unspecified atom stereocenters. The molecule has 6 aromatic rings. The lowest BCUT2D eigenvalue weighted by Crippen LogP contribution is -2.51. The van der Waals surface area contributed by atoms with Crippen LogP contribution in [0.5, 0.6) is 0 Å². The SMILES string of the molecule is CCC1(COS(C)(=O)=O)COC1.CCC1(Cn2c(=O)c3nccnc3n(C)c2=O)COC1.CCC1(Cn2c(=O)c3nccnc3n(C)c2=O)COC1.Cn1c(=O)[nH]c(=O)c2nccnc21. The maximum atomic E-state index is 12.4. The summed E-state index contributed by atoms with van der Waals surface area (Å²) in [5.41, 5.74) is -1.23. The summed E-state index contributed by atoms with van der Waals surface area (Å²) in [6.07, 6.45) is 12.4. The van der Waals surface area contributed by atoms with Gasteiger partial charge in [0, 0.05) is 87.7 Å². The van der Waals surface area contributed by atoms with Crippen molar-refractivity contribution in [2.45, 2.75) is 53.1 Å². The van der Waals surface area contributed by atoms with Gasteiger partial charge in [0.25, 0.3) is 26.8 Å². The fourth-order valence-electron chi connectivity index (χ4n) is 7.06. The zero-order chi connectivity index (χ0) is 47.3. The second-order valence-corrected chi connectivity index (χ2v) is 18.1. The lowest BCUT2D eigenvalue weighted by Gasteiger charge is -2.40. The molecule has 9 heterocycles. The highest BCUT2D eigenvalue weighted by Crippen LogP contribution is 2.33. The maximum absolute atomic E-state index is 12.4. The number of nitrogens with one attached hydrogen (secondary N) is 1. The highest BCUT2D eigenvalue weighted by Gasteiger charge is 2.40.